The molecule has 1 heterocycles. The maximum Gasteiger partial charge on any atom is 0.257 e. The summed E-state index contributed by atoms with van der Waals surface area (Å²) < 4.78 is 11.5. The SMILES string of the molecule is CCN(Cc1ccc(C(N)=O)cc1Oc1ccc(-c2nc(C3CCC3)no2)cc1)C(C)=O. The molecule has 2 N–H and O–H groups in total. The van der Waals surface area contributed by atoms with E-state index >= 15 is 0 Å². The zero-order valence-corrected chi connectivity index (χ0v) is 18.2. The van der Waals surface area contributed by atoms with Crippen LogP contribution >= 0.6 is 0 Å². The van der Waals surface area contributed by atoms with Gasteiger partial charge in [-0.05, 0) is 56.2 Å². The summed E-state index contributed by atoms with van der Waals surface area (Å²) in [6.45, 7) is 4.36. The van der Waals surface area contributed by atoms with Gasteiger partial charge < -0.3 is 19.9 Å². The van der Waals surface area contributed by atoms with Gasteiger partial charge >= 0.3 is 0 Å². The van der Waals surface area contributed by atoms with E-state index < -0.39 is 5.91 Å². The average molecular weight is 434 g/mol. The highest BCUT2D eigenvalue weighted by Crippen LogP contribution is 2.36. The fourth-order valence-electron chi connectivity index (χ4n) is 3.56. The minimum atomic E-state index is -0.547. The van der Waals surface area contributed by atoms with Gasteiger partial charge in [0.05, 0.1) is 0 Å². The van der Waals surface area contributed by atoms with Crippen molar-refractivity contribution < 1.29 is 18.8 Å². The number of benzene rings is 2. The highest BCUT2D eigenvalue weighted by Gasteiger charge is 2.25. The Bertz CT molecular complexity index is 1120. The predicted molar refractivity (Wildman–Crippen MR) is 118 cm³/mol. The van der Waals surface area contributed by atoms with E-state index in [0.29, 0.717) is 42.0 Å². The second-order valence-electron chi connectivity index (χ2n) is 7.93. The molecule has 8 nitrogen and oxygen atoms in total. The first-order chi connectivity index (χ1) is 15.4. The highest BCUT2D eigenvalue weighted by molar-refractivity contribution is 5.93. The van der Waals surface area contributed by atoms with Crippen LogP contribution in [-0.2, 0) is 11.3 Å². The monoisotopic (exact) mass is 434 g/mol. The molecule has 166 valence electrons. The van der Waals surface area contributed by atoms with Crippen molar-refractivity contribution in [1.82, 2.24) is 15.0 Å². The minimum absolute atomic E-state index is 0.0393. The molecule has 2 amide bonds. The zero-order chi connectivity index (χ0) is 22.7. The fraction of sp³-hybridized carbons (Fsp3) is 0.333. The number of hydrogen-bond donors (Lipinski definition) is 1. The van der Waals surface area contributed by atoms with E-state index in [4.69, 9.17) is 15.0 Å². The van der Waals surface area contributed by atoms with Crippen LogP contribution < -0.4 is 10.5 Å². The zero-order valence-electron chi connectivity index (χ0n) is 18.2. The van der Waals surface area contributed by atoms with Gasteiger partial charge in [0.2, 0.25) is 11.8 Å². The molecule has 0 spiro atoms. The van der Waals surface area contributed by atoms with Gasteiger partial charge in [0.1, 0.15) is 11.5 Å². The lowest BCUT2D eigenvalue weighted by molar-refractivity contribution is -0.129. The first kappa shape index (κ1) is 21.5. The van der Waals surface area contributed by atoms with Crippen molar-refractivity contribution in [2.24, 2.45) is 5.73 Å². The molecule has 1 fully saturated rings. The molecule has 0 radical (unpaired) electrons. The second kappa shape index (κ2) is 9.21. The van der Waals surface area contributed by atoms with Crippen LogP contribution in [-0.4, -0.2) is 33.4 Å². The topological polar surface area (TPSA) is 112 Å². The van der Waals surface area contributed by atoms with E-state index in [1.165, 1.54) is 13.3 Å². The van der Waals surface area contributed by atoms with E-state index in [-0.39, 0.29) is 5.91 Å². The molecule has 1 aliphatic carbocycles. The average Bonchev–Trinajstić information content (AvgIpc) is 3.21. The molecule has 8 heteroatoms. The number of nitrogens with two attached hydrogens (primary N) is 1. The summed E-state index contributed by atoms with van der Waals surface area (Å²) in [5.41, 5.74) is 7.35. The van der Waals surface area contributed by atoms with Crippen molar-refractivity contribution in [1.29, 1.82) is 0 Å². The fourth-order valence-corrected chi connectivity index (χ4v) is 3.56. The van der Waals surface area contributed by atoms with Crippen molar-refractivity contribution in [3.8, 4) is 23.0 Å². The molecular formula is C24H26N4O4. The van der Waals surface area contributed by atoms with Crippen LogP contribution in [0.1, 0.15) is 60.8 Å². The molecule has 1 saturated carbocycles. The number of carbonyl (C=O) groups excluding carboxylic acids is 2. The molecule has 0 saturated heterocycles. The number of aromatic nitrogens is 2. The van der Waals surface area contributed by atoms with Gasteiger partial charge in [-0.3, -0.25) is 9.59 Å². The van der Waals surface area contributed by atoms with Gasteiger partial charge in [0.15, 0.2) is 5.82 Å². The first-order valence-electron chi connectivity index (χ1n) is 10.7. The summed E-state index contributed by atoms with van der Waals surface area (Å²) in [6, 6.07) is 12.3. The molecule has 4 rings (SSSR count). The van der Waals surface area contributed by atoms with Gasteiger partial charge in [-0.1, -0.05) is 17.6 Å². The Hall–Kier alpha value is -3.68. The molecule has 0 unspecified atom stereocenters. The third-order valence-electron chi connectivity index (χ3n) is 5.78. The molecule has 32 heavy (non-hydrogen) atoms. The lowest BCUT2D eigenvalue weighted by Gasteiger charge is -2.21. The van der Waals surface area contributed by atoms with Crippen LogP contribution in [0.4, 0.5) is 0 Å². The van der Waals surface area contributed by atoms with E-state index in [9.17, 15) is 9.59 Å². The number of rotatable bonds is 8. The van der Waals surface area contributed by atoms with Gasteiger partial charge in [-0.15, -0.1) is 0 Å². The van der Waals surface area contributed by atoms with Crippen LogP contribution in [0.25, 0.3) is 11.5 Å². The summed E-state index contributed by atoms with van der Waals surface area (Å²) in [5.74, 6) is 2.11. The van der Waals surface area contributed by atoms with Crippen molar-refractivity contribution in [3.05, 3.63) is 59.4 Å². The molecular weight excluding hydrogens is 408 g/mol. The van der Waals surface area contributed by atoms with Crippen molar-refractivity contribution in [3.63, 3.8) is 0 Å². The van der Waals surface area contributed by atoms with E-state index in [1.807, 2.05) is 19.1 Å². The van der Waals surface area contributed by atoms with E-state index in [1.54, 1.807) is 35.2 Å². The van der Waals surface area contributed by atoms with Gasteiger partial charge in [-0.2, -0.15) is 4.98 Å². The van der Waals surface area contributed by atoms with Gasteiger partial charge in [0.25, 0.3) is 5.89 Å². The summed E-state index contributed by atoms with van der Waals surface area (Å²) in [6.07, 6.45) is 3.43. The maximum absolute atomic E-state index is 11.9. The highest BCUT2D eigenvalue weighted by atomic mass is 16.5. The Labute approximate surface area is 186 Å². The third kappa shape index (κ3) is 4.64. The number of nitrogens with zero attached hydrogens (tertiary/aromatic N) is 3. The number of ether oxygens (including phenoxy) is 1. The number of carbonyl (C=O) groups is 2. The Kier molecular flexibility index (Phi) is 6.20. The third-order valence-corrected chi connectivity index (χ3v) is 5.78. The number of amides is 2. The van der Waals surface area contributed by atoms with Crippen molar-refractivity contribution in [2.45, 2.75) is 45.6 Å². The molecule has 2 aromatic carbocycles. The minimum Gasteiger partial charge on any atom is -0.457 e. The van der Waals surface area contributed by atoms with Crippen LogP contribution in [0.3, 0.4) is 0 Å². The maximum atomic E-state index is 11.9. The number of primary amides is 1. The molecule has 1 aromatic heterocycles. The molecule has 0 atom stereocenters. The molecule has 1 aliphatic rings. The predicted octanol–water partition coefficient (Wildman–Crippen LogP) is 4.26. The summed E-state index contributed by atoms with van der Waals surface area (Å²) >= 11 is 0. The Morgan fingerprint density at radius 2 is 1.94 bits per heavy atom. The summed E-state index contributed by atoms with van der Waals surface area (Å²) in [4.78, 5) is 29.7. The Balaban J connectivity index is 1.55. The van der Waals surface area contributed by atoms with Gasteiger partial charge in [-0.25, -0.2) is 0 Å². The normalized spacial score (nSPS) is 13.4. The lowest BCUT2D eigenvalue weighted by atomic mass is 9.85. The van der Waals surface area contributed by atoms with Crippen LogP contribution in [0.2, 0.25) is 0 Å². The van der Waals surface area contributed by atoms with Crippen LogP contribution in [0, 0.1) is 0 Å². The molecule has 3 aromatic rings. The van der Waals surface area contributed by atoms with Crippen LogP contribution in [0.5, 0.6) is 11.5 Å². The quantitative estimate of drug-likeness (QED) is 0.567. The van der Waals surface area contributed by atoms with Crippen LogP contribution in [0.15, 0.2) is 47.0 Å². The van der Waals surface area contributed by atoms with Crippen molar-refractivity contribution in [2.75, 3.05) is 6.54 Å². The summed E-state index contributed by atoms with van der Waals surface area (Å²) in [5, 5.41) is 4.10. The second-order valence-corrected chi connectivity index (χ2v) is 7.93. The molecule has 0 bridgehead atoms. The smallest absolute Gasteiger partial charge is 0.257 e. The Morgan fingerprint density at radius 1 is 1.19 bits per heavy atom. The van der Waals surface area contributed by atoms with E-state index in [2.05, 4.69) is 10.1 Å². The first-order valence-corrected chi connectivity index (χ1v) is 10.7. The van der Waals surface area contributed by atoms with Crippen molar-refractivity contribution >= 4 is 11.8 Å². The van der Waals surface area contributed by atoms with E-state index in [0.717, 1.165) is 29.8 Å². The molecule has 0 aliphatic heterocycles. The summed E-state index contributed by atoms with van der Waals surface area (Å²) in [7, 11) is 0. The van der Waals surface area contributed by atoms with Gasteiger partial charge in [0, 0.05) is 42.6 Å². The largest absolute Gasteiger partial charge is 0.457 e. The lowest BCUT2D eigenvalue weighted by Crippen LogP contribution is -2.28. The Morgan fingerprint density at radius 3 is 2.53 bits per heavy atom. The number of hydrogen-bond acceptors (Lipinski definition) is 6. The standard InChI is InChI=1S/C24H26N4O4/c1-3-28(15(2)29)14-19-8-7-18(22(25)30)13-21(19)31-20-11-9-17(10-12-20)24-26-23(27-32-24)16-5-4-6-16/h7-13,16H,3-6,14H2,1-2H3,(H2,25,30).